The molecule has 0 bridgehead atoms. The maximum Gasteiger partial charge on any atom is 0.261 e. The van der Waals surface area contributed by atoms with Crippen molar-refractivity contribution in [3.05, 3.63) is 53.9 Å². The summed E-state index contributed by atoms with van der Waals surface area (Å²) in [6.45, 7) is 3.15. The van der Waals surface area contributed by atoms with E-state index in [0.717, 1.165) is 0 Å². The first-order valence-electron chi connectivity index (χ1n) is 6.86. The average Bonchev–Trinajstić information content (AvgIpc) is 2.86. The summed E-state index contributed by atoms with van der Waals surface area (Å²) >= 11 is 0. The molecule has 7 heteroatoms. The number of Topliss-reactive ketones (excluding diaryl/α,β-unsaturated/α-hetero) is 1. The highest BCUT2D eigenvalue weighted by Crippen LogP contribution is 2.22. The first kappa shape index (κ1) is 15.2. The van der Waals surface area contributed by atoms with E-state index in [0.29, 0.717) is 28.2 Å². The molecular weight excluding hydrogens is 316 g/mol. The minimum Gasteiger partial charge on any atom is -0.441 e. The van der Waals surface area contributed by atoms with Gasteiger partial charge >= 0.3 is 0 Å². The number of nitrogens with zero attached hydrogens (tertiary/aromatic N) is 1. The zero-order chi connectivity index (χ0) is 16.6. The van der Waals surface area contributed by atoms with Crippen LogP contribution in [0.1, 0.15) is 23.2 Å². The van der Waals surface area contributed by atoms with E-state index in [1.807, 2.05) is 0 Å². The zero-order valence-corrected chi connectivity index (χ0v) is 13.3. The molecule has 0 spiro atoms. The molecule has 1 heterocycles. The van der Waals surface area contributed by atoms with Gasteiger partial charge in [-0.25, -0.2) is 13.4 Å². The fourth-order valence-electron chi connectivity index (χ4n) is 2.19. The SMILES string of the molecule is CC(=O)c1ccc(S(=O)(=O)Nc2ccc3nc(C)oc3c2)cc1. The third-order valence-electron chi connectivity index (χ3n) is 3.32. The number of hydrogen-bond donors (Lipinski definition) is 1. The van der Waals surface area contributed by atoms with Crippen molar-refractivity contribution < 1.29 is 17.6 Å². The lowest BCUT2D eigenvalue weighted by Gasteiger charge is -2.08. The Kier molecular flexibility index (Phi) is 3.65. The van der Waals surface area contributed by atoms with E-state index in [9.17, 15) is 13.2 Å². The van der Waals surface area contributed by atoms with Crippen molar-refractivity contribution in [3.63, 3.8) is 0 Å². The summed E-state index contributed by atoms with van der Waals surface area (Å²) in [5.41, 5.74) is 2.01. The van der Waals surface area contributed by atoms with Crippen molar-refractivity contribution >= 4 is 32.6 Å². The van der Waals surface area contributed by atoms with Gasteiger partial charge in [-0.2, -0.15) is 0 Å². The number of carbonyl (C=O) groups excluding carboxylic acids is 1. The Labute approximate surface area is 133 Å². The monoisotopic (exact) mass is 330 g/mol. The highest BCUT2D eigenvalue weighted by atomic mass is 32.2. The molecule has 0 unspecified atom stereocenters. The predicted octanol–water partition coefficient (Wildman–Crippen LogP) is 3.14. The van der Waals surface area contributed by atoms with Crippen LogP contribution < -0.4 is 4.72 Å². The molecule has 2 aromatic carbocycles. The van der Waals surface area contributed by atoms with Crippen LogP contribution in [0.15, 0.2) is 51.8 Å². The molecule has 1 aromatic heterocycles. The smallest absolute Gasteiger partial charge is 0.261 e. The van der Waals surface area contributed by atoms with Crippen molar-refractivity contribution in [1.82, 2.24) is 4.98 Å². The molecule has 0 amide bonds. The Balaban J connectivity index is 1.90. The maximum atomic E-state index is 12.4. The van der Waals surface area contributed by atoms with Gasteiger partial charge in [0.25, 0.3) is 10.0 Å². The minimum atomic E-state index is -3.74. The maximum absolute atomic E-state index is 12.4. The second-order valence-electron chi connectivity index (χ2n) is 5.10. The molecule has 0 saturated carbocycles. The van der Waals surface area contributed by atoms with Crippen LogP contribution in [0.25, 0.3) is 11.1 Å². The van der Waals surface area contributed by atoms with Gasteiger partial charge in [-0.3, -0.25) is 9.52 Å². The van der Waals surface area contributed by atoms with Crippen LogP contribution in [0.5, 0.6) is 0 Å². The molecule has 0 aliphatic carbocycles. The highest BCUT2D eigenvalue weighted by molar-refractivity contribution is 7.92. The standard InChI is InChI=1S/C16H14N2O4S/c1-10(19)12-3-6-14(7-4-12)23(20,21)18-13-5-8-15-16(9-13)22-11(2)17-15/h3-9,18H,1-2H3. The second kappa shape index (κ2) is 5.51. The van der Waals surface area contributed by atoms with Gasteiger partial charge in [-0.05, 0) is 31.2 Å². The number of fused-ring (bicyclic) bond motifs is 1. The summed E-state index contributed by atoms with van der Waals surface area (Å²) < 4.78 is 32.6. The van der Waals surface area contributed by atoms with Crippen LogP contribution in [-0.4, -0.2) is 19.2 Å². The van der Waals surface area contributed by atoms with Crippen LogP contribution >= 0.6 is 0 Å². The summed E-state index contributed by atoms with van der Waals surface area (Å²) in [5, 5.41) is 0. The molecule has 0 saturated heterocycles. The lowest BCUT2D eigenvalue weighted by Crippen LogP contribution is -2.13. The van der Waals surface area contributed by atoms with E-state index in [1.165, 1.54) is 31.2 Å². The summed E-state index contributed by atoms with van der Waals surface area (Å²) in [6, 6.07) is 10.7. The van der Waals surface area contributed by atoms with Gasteiger partial charge in [-0.15, -0.1) is 0 Å². The van der Waals surface area contributed by atoms with Gasteiger partial charge in [0.15, 0.2) is 17.3 Å². The van der Waals surface area contributed by atoms with Crippen molar-refractivity contribution in [2.75, 3.05) is 4.72 Å². The predicted molar refractivity (Wildman–Crippen MR) is 86.0 cm³/mol. The average molecular weight is 330 g/mol. The Hall–Kier alpha value is -2.67. The first-order chi connectivity index (χ1) is 10.8. The Morgan fingerprint density at radius 3 is 2.48 bits per heavy atom. The number of benzene rings is 2. The normalized spacial score (nSPS) is 11.6. The fourth-order valence-corrected chi connectivity index (χ4v) is 3.24. The molecule has 0 aliphatic rings. The number of carbonyl (C=O) groups is 1. The Bertz CT molecular complexity index is 989. The largest absolute Gasteiger partial charge is 0.441 e. The van der Waals surface area contributed by atoms with Crippen molar-refractivity contribution in [1.29, 1.82) is 0 Å². The molecule has 3 aromatic rings. The third-order valence-corrected chi connectivity index (χ3v) is 4.72. The van der Waals surface area contributed by atoms with E-state index in [4.69, 9.17) is 4.42 Å². The third kappa shape index (κ3) is 3.09. The fraction of sp³-hybridized carbons (Fsp3) is 0.125. The molecule has 118 valence electrons. The molecule has 23 heavy (non-hydrogen) atoms. The van der Waals surface area contributed by atoms with E-state index in [-0.39, 0.29) is 10.7 Å². The molecule has 0 atom stereocenters. The van der Waals surface area contributed by atoms with Crippen LogP contribution in [0.4, 0.5) is 5.69 Å². The summed E-state index contributed by atoms with van der Waals surface area (Å²) in [5.74, 6) is 0.396. The molecule has 0 fully saturated rings. The lowest BCUT2D eigenvalue weighted by molar-refractivity contribution is 0.101. The topological polar surface area (TPSA) is 89.3 Å². The van der Waals surface area contributed by atoms with Crippen molar-refractivity contribution in [2.45, 2.75) is 18.7 Å². The first-order valence-corrected chi connectivity index (χ1v) is 8.34. The van der Waals surface area contributed by atoms with E-state index in [1.54, 1.807) is 25.1 Å². The quantitative estimate of drug-likeness (QED) is 0.742. The highest BCUT2D eigenvalue weighted by Gasteiger charge is 2.15. The van der Waals surface area contributed by atoms with Gasteiger partial charge in [0, 0.05) is 18.6 Å². The molecular formula is C16H14N2O4S. The lowest BCUT2D eigenvalue weighted by atomic mass is 10.2. The Morgan fingerprint density at radius 2 is 1.83 bits per heavy atom. The molecule has 3 rings (SSSR count). The van der Waals surface area contributed by atoms with Gasteiger partial charge in [0.05, 0.1) is 10.6 Å². The number of aryl methyl sites for hydroxylation is 1. The zero-order valence-electron chi connectivity index (χ0n) is 12.5. The van der Waals surface area contributed by atoms with Crippen molar-refractivity contribution in [3.8, 4) is 0 Å². The minimum absolute atomic E-state index is 0.0800. The Morgan fingerprint density at radius 1 is 1.13 bits per heavy atom. The van der Waals surface area contributed by atoms with E-state index < -0.39 is 10.0 Å². The molecule has 0 aliphatic heterocycles. The number of oxazole rings is 1. The van der Waals surface area contributed by atoms with Gasteiger partial charge < -0.3 is 4.42 Å². The van der Waals surface area contributed by atoms with E-state index in [2.05, 4.69) is 9.71 Å². The van der Waals surface area contributed by atoms with Crippen LogP contribution in [0.2, 0.25) is 0 Å². The van der Waals surface area contributed by atoms with Gasteiger partial charge in [0.2, 0.25) is 0 Å². The number of rotatable bonds is 4. The molecule has 1 N–H and O–H groups in total. The van der Waals surface area contributed by atoms with Crippen LogP contribution in [0, 0.1) is 6.92 Å². The van der Waals surface area contributed by atoms with Crippen molar-refractivity contribution in [2.24, 2.45) is 0 Å². The number of anilines is 1. The number of hydrogen-bond acceptors (Lipinski definition) is 5. The van der Waals surface area contributed by atoms with Gasteiger partial charge in [-0.1, -0.05) is 12.1 Å². The summed E-state index contributed by atoms with van der Waals surface area (Å²) in [7, 11) is -3.74. The number of nitrogens with one attached hydrogen (secondary N) is 1. The van der Waals surface area contributed by atoms with E-state index >= 15 is 0 Å². The number of aromatic nitrogens is 1. The number of ketones is 1. The van der Waals surface area contributed by atoms with Crippen LogP contribution in [0.3, 0.4) is 0 Å². The van der Waals surface area contributed by atoms with Crippen LogP contribution in [-0.2, 0) is 10.0 Å². The second-order valence-corrected chi connectivity index (χ2v) is 6.78. The summed E-state index contributed by atoms with van der Waals surface area (Å²) in [6.07, 6.45) is 0. The molecule has 6 nitrogen and oxygen atoms in total. The summed E-state index contributed by atoms with van der Waals surface area (Å²) in [4.78, 5) is 15.5. The molecule has 0 radical (unpaired) electrons. The number of sulfonamides is 1. The van der Waals surface area contributed by atoms with Gasteiger partial charge in [0.1, 0.15) is 5.52 Å².